The first-order valence-electron chi connectivity index (χ1n) is 12.5. The van der Waals surface area contributed by atoms with Crippen molar-refractivity contribution >= 4 is 17.6 Å². The summed E-state index contributed by atoms with van der Waals surface area (Å²) in [6.07, 6.45) is 2.97. The minimum Gasteiger partial charge on any atom is -0.436 e. The van der Waals surface area contributed by atoms with Gasteiger partial charge in [0.1, 0.15) is 17.7 Å². The van der Waals surface area contributed by atoms with Gasteiger partial charge in [-0.1, -0.05) is 24.3 Å². The third kappa shape index (κ3) is 5.42. The molecule has 0 aliphatic carbocycles. The molecule has 1 fully saturated rings. The van der Waals surface area contributed by atoms with Crippen LogP contribution in [0, 0.1) is 12.7 Å². The van der Waals surface area contributed by atoms with Gasteiger partial charge in [0.05, 0.1) is 5.69 Å². The summed E-state index contributed by atoms with van der Waals surface area (Å²) in [7, 11) is 1.71. The van der Waals surface area contributed by atoms with E-state index in [0.29, 0.717) is 30.0 Å². The van der Waals surface area contributed by atoms with Crippen LogP contribution in [0.4, 0.5) is 15.0 Å². The van der Waals surface area contributed by atoms with Crippen LogP contribution < -0.4 is 15.6 Å². The topological polar surface area (TPSA) is 111 Å². The van der Waals surface area contributed by atoms with Crippen LogP contribution in [0.2, 0.25) is 0 Å². The number of amides is 2. The number of Topliss-reactive ketones (excluding diaryl/α,β-unsaturated/α-hetero) is 1. The molecule has 0 saturated carbocycles. The molecule has 1 N–H and O–H groups in total. The van der Waals surface area contributed by atoms with E-state index in [2.05, 4.69) is 15.3 Å². The molecule has 0 bridgehead atoms. The van der Waals surface area contributed by atoms with Crippen LogP contribution in [-0.4, -0.2) is 49.1 Å². The van der Waals surface area contributed by atoms with E-state index < -0.39 is 17.2 Å². The van der Waals surface area contributed by atoms with Gasteiger partial charge in [-0.15, -0.1) is 0 Å². The third-order valence-electron chi connectivity index (χ3n) is 6.68. The summed E-state index contributed by atoms with van der Waals surface area (Å²) in [5.41, 5.74) is 1.18. The van der Waals surface area contributed by atoms with Crippen LogP contribution >= 0.6 is 0 Å². The van der Waals surface area contributed by atoms with E-state index in [-0.39, 0.29) is 35.5 Å². The largest absolute Gasteiger partial charge is 0.436 e. The molecular weight excluding hydrogens is 503 g/mol. The lowest BCUT2D eigenvalue weighted by molar-refractivity contribution is 0.0991. The van der Waals surface area contributed by atoms with Crippen LogP contribution in [0.15, 0.2) is 65.7 Å². The van der Waals surface area contributed by atoms with Gasteiger partial charge in [0, 0.05) is 38.3 Å². The van der Waals surface area contributed by atoms with Gasteiger partial charge in [0.15, 0.2) is 17.3 Å². The summed E-state index contributed by atoms with van der Waals surface area (Å²) in [5.74, 6) is -0.938. The highest BCUT2D eigenvalue weighted by molar-refractivity contribution is 5.98. The number of ketones is 1. The number of ether oxygens (including phenoxy) is 1. The van der Waals surface area contributed by atoms with Gasteiger partial charge in [-0.05, 0) is 49.6 Å². The highest BCUT2D eigenvalue weighted by Gasteiger charge is 2.23. The van der Waals surface area contributed by atoms with Gasteiger partial charge in [0.2, 0.25) is 5.88 Å². The van der Waals surface area contributed by atoms with E-state index in [4.69, 9.17) is 4.74 Å². The smallest absolute Gasteiger partial charge is 0.323 e. The average molecular weight is 531 g/mol. The number of hydrogen-bond acceptors (Lipinski definition) is 6. The normalized spacial score (nSPS) is 12.9. The number of halogens is 1. The molecule has 0 spiro atoms. The van der Waals surface area contributed by atoms with Gasteiger partial charge in [0.25, 0.3) is 5.56 Å². The molecule has 0 unspecified atom stereocenters. The molecule has 2 amide bonds. The van der Waals surface area contributed by atoms with Crippen molar-refractivity contribution < 1.29 is 18.7 Å². The van der Waals surface area contributed by atoms with Gasteiger partial charge in [-0.25, -0.2) is 23.8 Å². The number of nitrogens with zero attached hydrogens (tertiary/aromatic N) is 5. The van der Waals surface area contributed by atoms with Crippen molar-refractivity contribution in [1.29, 1.82) is 0 Å². The Bertz CT molecular complexity index is 1590. The second kappa shape index (κ2) is 10.9. The monoisotopic (exact) mass is 530 g/mol. The molecule has 4 aromatic rings. The molecule has 10 nitrogen and oxygen atoms in total. The fourth-order valence-electron chi connectivity index (χ4n) is 4.59. The molecule has 1 aliphatic heterocycles. The molecule has 200 valence electrons. The zero-order chi connectivity index (χ0) is 27.5. The number of likely N-dealkylation sites (tertiary alicyclic amines) is 1. The van der Waals surface area contributed by atoms with Crippen LogP contribution in [-0.2, 0) is 13.5 Å². The lowest BCUT2D eigenvalue weighted by atomic mass is 10.0. The lowest BCUT2D eigenvalue weighted by Gasteiger charge is -2.15. The number of nitrogens with one attached hydrogen (secondary N) is 1. The number of urea groups is 1. The molecular formula is C28H27FN6O4. The summed E-state index contributed by atoms with van der Waals surface area (Å²) in [4.78, 5) is 48.3. The Labute approximate surface area is 223 Å². The number of hydrogen-bond donors (Lipinski definition) is 1. The van der Waals surface area contributed by atoms with Crippen LogP contribution in [0.3, 0.4) is 0 Å². The van der Waals surface area contributed by atoms with Crippen molar-refractivity contribution in [3.05, 3.63) is 93.9 Å². The molecule has 5 rings (SSSR count). The number of rotatable bonds is 7. The molecule has 0 radical (unpaired) electrons. The van der Waals surface area contributed by atoms with Crippen LogP contribution in [0.25, 0.3) is 5.69 Å². The first-order chi connectivity index (χ1) is 18.8. The van der Waals surface area contributed by atoms with Crippen molar-refractivity contribution in [3.8, 4) is 17.3 Å². The molecule has 11 heteroatoms. The third-order valence-corrected chi connectivity index (χ3v) is 6.68. The van der Waals surface area contributed by atoms with E-state index in [0.717, 1.165) is 12.8 Å². The molecule has 0 atom stereocenters. The number of para-hydroxylation sites is 1. The van der Waals surface area contributed by atoms with Crippen molar-refractivity contribution in [1.82, 2.24) is 24.2 Å². The minimum atomic E-state index is -0.701. The zero-order valence-corrected chi connectivity index (χ0v) is 21.6. The van der Waals surface area contributed by atoms with Crippen molar-refractivity contribution in [3.63, 3.8) is 0 Å². The number of anilines is 1. The Hall–Kier alpha value is -4.80. The van der Waals surface area contributed by atoms with Crippen molar-refractivity contribution in [2.24, 2.45) is 7.05 Å². The highest BCUT2D eigenvalue weighted by Crippen LogP contribution is 2.26. The average Bonchev–Trinajstić information content (AvgIpc) is 3.53. The van der Waals surface area contributed by atoms with E-state index in [1.807, 2.05) is 18.2 Å². The summed E-state index contributed by atoms with van der Waals surface area (Å²) >= 11 is 0. The summed E-state index contributed by atoms with van der Waals surface area (Å²) < 4.78 is 23.6. The number of aromatic nitrogens is 4. The number of benzene rings is 2. The van der Waals surface area contributed by atoms with Crippen LogP contribution in [0.1, 0.15) is 34.5 Å². The fraction of sp³-hybridized carbons (Fsp3) is 0.250. The Morgan fingerprint density at radius 1 is 1.05 bits per heavy atom. The Kier molecular flexibility index (Phi) is 7.22. The predicted octanol–water partition coefficient (Wildman–Crippen LogP) is 4.26. The molecule has 1 aliphatic rings. The zero-order valence-electron chi connectivity index (χ0n) is 21.6. The minimum absolute atomic E-state index is 0.0471. The number of carbonyl (C=O) groups excluding carboxylic acids is 2. The second-order valence-electron chi connectivity index (χ2n) is 9.27. The maximum absolute atomic E-state index is 14.9. The van der Waals surface area contributed by atoms with E-state index in [1.54, 1.807) is 41.8 Å². The predicted molar refractivity (Wildman–Crippen MR) is 142 cm³/mol. The van der Waals surface area contributed by atoms with Crippen molar-refractivity contribution in [2.45, 2.75) is 26.2 Å². The van der Waals surface area contributed by atoms with Gasteiger partial charge in [-0.2, -0.15) is 0 Å². The lowest BCUT2D eigenvalue weighted by Crippen LogP contribution is -2.32. The van der Waals surface area contributed by atoms with E-state index in [9.17, 15) is 18.8 Å². The quantitative estimate of drug-likeness (QED) is 0.358. The molecule has 2 aromatic carbocycles. The van der Waals surface area contributed by atoms with Gasteiger partial charge < -0.3 is 9.64 Å². The summed E-state index contributed by atoms with van der Waals surface area (Å²) in [6, 6.07) is 14.3. The first kappa shape index (κ1) is 25.8. The SMILES string of the molecule is Cc1c(C(=O)Cc2ccc(Oc3cc(NC(=O)N4CCCC4)ncn3)c(F)c2)c(=O)n(-c2ccccc2)n1C. The summed E-state index contributed by atoms with van der Waals surface area (Å²) in [6.45, 7) is 3.08. The maximum atomic E-state index is 14.9. The number of carbonyl (C=O) groups is 2. The molecule has 2 aromatic heterocycles. The molecule has 39 heavy (non-hydrogen) atoms. The maximum Gasteiger partial charge on any atom is 0.323 e. The Balaban J connectivity index is 1.29. The Morgan fingerprint density at radius 3 is 2.51 bits per heavy atom. The second-order valence-corrected chi connectivity index (χ2v) is 9.27. The first-order valence-corrected chi connectivity index (χ1v) is 12.5. The molecule has 3 heterocycles. The van der Waals surface area contributed by atoms with Gasteiger partial charge in [-0.3, -0.25) is 19.6 Å². The van der Waals surface area contributed by atoms with Crippen molar-refractivity contribution in [2.75, 3.05) is 18.4 Å². The van der Waals surface area contributed by atoms with Gasteiger partial charge >= 0.3 is 6.03 Å². The summed E-state index contributed by atoms with van der Waals surface area (Å²) in [5, 5.41) is 2.69. The van der Waals surface area contributed by atoms with E-state index >= 15 is 0 Å². The Morgan fingerprint density at radius 2 is 1.79 bits per heavy atom. The van der Waals surface area contributed by atoms with Crippen LogP contribution in [0.5, 0.6) is 11.6 Å². The molecule has 1 saturated heterocycles. The standard InChI is InChI=1S/C28H27FN6O4/c1-18-26(27(37)35(33(18)2)20-8-4-3-5-9-20)22(36)15-19-10-11-23(21(29)14-19)39-25-16-24(30-17-31-25)32-28(38)34-12-6-7-13-34/h3-5,8-11,14,16-17H,6-7,12-13,15H2,1-2H3,(H,30,31,32,38). The fourth-order valence-corrected chi connectivity index (χ4v) is 4.59. The van der Waals surface area contributed by atoms with E-state index in [1.165, 1.54) is 29.2 Å². The highest BCUT2D eigenvalue weighted by atomic mass is 19.1.